The number of nitrogens with zero attached hydrogens (tertiary/aromatic N) is 2. The highest BCUT2D eigenvalue weighted by molar-refractivity contribution is 9.10. The molecule has 4 nitrogen and oxygen atoms in total. The number of fused-ring (bicyclic) bond motifs is 1. The number of hydrogen-bond donors (Lipinski definition) is 2. The van der Waals surface area contributed by atoms with Crippen molar-refractivity contribution in [3.8, 4) is 0 Å². The molecule has 3 rings (SSSR count). The second-order valence-electron chi connectivity index (χ2n) is 4.35. The van der Waals surface area contributed by atoms with Gasteiger partial charge in [-0.3, -0.25) is 0 Å². The Kier molecular flexibility index (Phi) is 3.52. The van der Waals surface area contributed by atoms with Gasteiger partial charge >= 0.3 is 0 Å². The number of halogens is 1. The predicted molar refractivity (Wildman–Crippen MR) is 86.5 cm³/mol. The third kappa shape index (κ3) is 2.72. The standard InChI is InChI=1S/C15H13BrN4/c1-17-15-18-7-6-14(20-15)19-13-5-3-10-8-12(16)4-2-11(10)9-13/h2-9H,1H3,(H2,17,18,19,20). The molecule has 0 aliphatic carbocycles. The van der Waals surface area contributed by atoms with Crippen molar-refractivity contribution in [1.82, 2.24) is 9.97 Å². The quantitative estimate of drug-likeness (QED) is 0.757. The highest BCUT2D eigenvalue weighted by atomic mass is 79.9. The summed E-state index contributed by atoms with van der Waals surface area (Å²) in [5.41, 5.74) is 1.00. The van der Waals surface area contributed by atoms with Gasteiger partial charge in [-0.15, -0.1) is 0 Å². The van der Waals surface area contributed by atoms with Crippen molar-refractivity contribution in [2.45, 2.75) is 0 Å². The summed E-state index contributed by atoms with van der Waals surface area (Å²) in [6.45, 7) is 0. The SMILES string of the molecule is CNc1nccc(Nc2ccc3cc(Br)ccc3c2)n1. The van der Waals surface area contributed by atoms with Gasteiger partial charge in [-0.25, -0.2) is 4.98 Å². The zero-order valence-electron chi connectivity index (χ0n) is 10.9. The normalized spacial score (nSPS) is 10.5. The molecular weight excluding hydrogens is 316 g/mol. The van der Waals surface area contributed by atoms with E-state index in [1.54, 1.807) is 13.2 Å². The summed E-state index contributed by atoms with van der Waals surface area (Å²) in [5.74, 6) is 1.36. The van der Waals surface area contributed by atoms with Crippen molar-refractivity contribution in [1.29, 1.82) is 0 Å². The fourth-order valence-electron chi connectivity index (χ4n) is 1.99. The minimum absolute atomic E-state index is 0.597. The van der Waals surface area contributed by atoms with Crippen LogP contribution in [0.1, 0.15) is 0 Å². The van der Waals surface area contributed by atoms with Crippen LogP contribution in [0.2, 0.25) is 0 Å². The van der Waals surface area contributed by atoms with Gasteiger partial charge in [0.15, 0.2) is 0 Å². The lowest BCUT2D eigenvalue weighted by Crippen LogP contribution is -1.99. The highest BCUT2D eigenvalue weighted by Gasteiger charge is 2.00. The lowest BCUT2D eigenvalue weighted by atomic mass is 10.1. The van der Waals surface area contributed by atoms with E-state index in [1.807, 2.05) is 18.2 Å². The Morgan fingerprint density at radius 1 is 1.00 bits per heavy atom. The van der Waals surface area contributed by atoms with E-state index in [0.717, 1.165) is 16.0 Å². The first-order valence-electron chi connectivity index (χ1n) is 6.22. The van der Waals surface area contributed by atoms with Gasteiger partial charge in [-0.1, -0.05) is 28.1 Å². The molecule has 0 radical (unpaired) electrons. The fourth-order valence-corrected chi connectivity index (χ4v) is 2.37. The number of hydrogen-bond acceptors (Lipinski definition) is 4. The topological polar surface area (TPSA) is 49.8 Å². The summed E-state index contributed by atoms with van der Waals surface area (Å²) in [4.78, 5) is 8.43. The molecule has 100 valence electrons. The van der Waals surface area contributed by atoms with Crippen LogP contribution >= 0.6 is 15.9 Å². The molecular formula is C15H13BrN4. The number of rotatable bonds is 3. The van der Waals surface area contributed by atoms with Crippen LogP contribution in [0.4, 0.5) is 17.5 Å². The largest absolute Gasteiger partial charge is 0.357 e. The van der Waals surface area contributed by atoms with Crippen LogP contribution in [-0.2, 0) is 0 Å². The number of anilines is 3. The Balaban J connectivity index is 1.92. The first-order valence-corrected chi connectivity index (χ1v) is 7.01. The maximum absolute atomic E-state index is 4.34. The highest BCUT2D eigenvalue weighted by Crippen LogP contribution is 2.24. The third-order valence-corrected chi connectivity index (χ3v) is 3.45. The van der Waals surface area contributed by atoms with Gasteiger partial charge in [-0.05, 0) is 41.1 Å². The summed E-state index contributed by atoms with van der Waals surface area (Å²) in [6.07, 6.45) is 1.72. The van der Waals surface area contributed by atoms with Crippen molar-refractivity contribution >= 4 is 44.2 Å². The molecule has 0 spiro atoms. The van der Waals surface area contributed by atoms with E-state index in [0.29, 0.717) is 5.95 Å². The molecule has 2 N–H and O–H groups in total. The van der Waals surface area contributed by atoms with E-state index in [9.17, 15) is 0 Å². The molecule has 0 bridgehead atoms. The van der Waals surface area contributed by atoms with Crippen molar-refractivity contribution in [2.24, 2.45) is 0 Å². The van der Waals surface area contributed by atoms with Gasteiger partial charge in [0, 0.05) is 23.4 Å². The molecule has 0 aliphatic heterocycles. The fraction of sp³-hybridized carbons (Fsp3) is 0.0667. The number of nitrogens with one attached hydrogen (secondary N) is 2. The first-order chi connectivity index (χ1) is 9.74. The van der Waals surface area contributed by atoms with Crippen molar-refractivity contribution in [3.63, 3.8) is 0 Å². The summed E-state index contributed by atoms with van der Waals surface area (Å²) >= 11 is 3.48. The van der Waals surface area contributed by atoms with Crippen molar-refractivity contribution in [2.75, 3.05) is 17.7 Å². The summed E-state index contributed by atoms with van der Waals surface area (Å²) in [6, 6.07) is 14.3. The minimum Gasteiger partial charge on any atom is -0.357 e. The Morgan fingerprint density at radius 3 is 2.65 bits per heavy atom. The summed E-state index contributed by atoms with van der Waals surface area (Å²) in [5, 5.41) is 8.58. The van der Waals surface area contributed by atoms with E-state index in [-0.39, 0.29) is 0 Å². The van der Waals surface area contributed by atoms with Crippen LogP contribution in [0.25, 0.3) is 10.8 Å². The van der Waals surface area contributed by atoms with Crippen LogP contribution in [-0.4, -0.2) is 17.0 Å². The second kappa shape index (κ2) is 5.46. The Labute approximate surface area is 125 Å². The lowest BCUT2D eigenvalue weighted by Gasteiger charge is -2.08. The zero-order chi connectivity index (χ0) is 13.9. The average Bonchev–Trinajstić information content (AvgIpc) is 2.47. The average molecular weight is 329 g/mol. The number of aromatic nitrogens is 2. The molecule has 0 atom stereocenters. The maximum Gasteiger partial charge on any atom is 0.224 e. The second-order valence-corrected chi connectivity index (χ2v) is 5.26. The minimum atomic E-state index is 0.597. The van der Waals surface area contributed by atoms with Crippen LogP contribution in [0.15, 0.2) is 53.1 Å². The van der Waals surface area contributed by atoms with Gasteiger partial charge in [-0.2, -0.15) is 4.98 Å². The zero-order valence-corrected chi connectivity index (χ0v) is 12.5. The Hall–Kier alpha value is -2.14. The van der Waals surface area contributed by atoms with Gasteiger partial charge in [0.25, 0.3) is 0 Å². The smallest absolute Gasteiger partial charge is 0.224 e. The van der Waals surface area contributed by atoms with Gasteiger partial charge in [0.1, 0.15) is 5.82 Å². The molecule has 0 unspecified atom stereocenters. The molecule has 1 aromatic heterocycles. The monoisotopic (exact) mass is 328 g/mol. The van der Waals surface area contributed by atoms with Crippen LogP contribution in [0.5, 0.6) is 0 Å². The van der Waals surface area contributed by atoms with Gasteiger partial charge in [0.05, 0.1) is 0 Å². The molecule has 3 aromatic rings. The maximum atomic E-state index is 4.34. The molecule has 20 heavy (non-hydrogen) atoms. The molecule has 0 saturated heterocycles. The predicted octanol–water partition coefficient (Wildman–Crippen LogP) is 4.18. The van der Waals surface area contributed by atoms with Crippen LogP contribution in [0, 0.1) is 0 Å². The van der Waals surface area contributed by atoms with E-state index in [2.05, 4.69) is 60.8 Å². The molecule has 0 saturated carbocycles. The molecule has 5 heteroatoms. The van der Waals surface area contributed by atoms with E-state index in [4.69, 9.17) is 0 Å². The van der Waals surface area contributed by atoms with E-state index >= 15 is 0 Å². The first kappa shape index (κ1) is 12.9. The molecule has 1 heterocycles. The van der Waals surface area contributed by atoms with Crippen molar-refractivity contribution < 1.29 is 0 Å². The van der Waals surface area contributed by atoms with E-state index < -0.39 is 0 Å². The lowest BCUT2D eigenvalue weighted by molar-refractivity contribution is 1.15. The summed E-state index contributed by atoms with van der Waals surface area (Å²) < 4.78 is 1.08. The van der Waals surface area contributed by atoms with Gasteiger partial charge < -0.3 is 10.6 Å². The third-order valence-electron chi connectivity index (χ3n) is 2.95. The summed E-state index contributed by atoms with van der Waals surface area (Å²) in [7, 11) is 1.80. The molecule has 0 fully saturated rings. The van der Waals surface area contributed by atoms with Crippen LogP contribution < -0.4 is 10.6 Å². The van der Waals surface area contributed by atoms with E-state index in [1.165, 1.54) is 10.8 Å². The molecule has 0 amide bonds. The molecule has 2 aromatic carbocycles. The van der Waals surface area contributed by atoms with Crippen LogP contribution in [0.3, 0.4) is 0 Å². The Morgan fingerprint density at radius 2 is 1.80 bits per heavy atom. The van der Waals surface area contributed by atoms with Crippen molar-refractivity contribution in [3.05, 3.63) is 53.1 Å². The molecule has 0 aliphatic rings. The number of benzene rings is 2. The van der Waals surface area contributed by atoms with Gasteiger partial charge in [0.2, 0.25) is 5.95 Å². The Bertz CT molecular complexity index is 758.